The molecule has 2 amide bonds. The zero-order chi connectivity index (χ0) is 12.8. The van der Waals surface area contributed by atoms with Crippen LogP contribution in [0.2, 0.25) is 0 Å². The number of piperazine rings is 1. The van der Waals surface area contributed by atoms with Crippen LogP contribution in [0, 0.1) is 5.92 Å². The number of amides is 2. The lowest BCUT2D eigenvalue weighted by Crippen LogP contribution is -2.69. The third-order valence-electron chi connectivity index (χ3n) is 3.24. The van der Waals surface area contributed by atoms with E-state index in [2.05, 4.69) is 5.32 Å². The van der Waals surface area contributed by atoms with Crippen molar-refractivity contribution in [2.24, 2.45) is 5.92 Å². The van der Waals surface area contributed by atoms with E-state index in [0.29, 0.717) is 0 Å². The smallest absolute Gasteiger partial charge is 0.255 e. The van der Waals surface area contributed by atoms with Gasteiger partial charge in [0.2, 0.25) is 11.8 Å². The van der Waals surface area contributed by atoms with Gasteiger partial charge in [-0.1, -0.05) is 0 Å². The van der Waals surface area contributed by atoms with Gasteiger partial charge in [0.15, 0.2) is 0 Å². The number of hydrogen-bond acceptors (Lipinski definition) is 2. The number of nitrogens with zero attached hydrogens (tertiary/aromatic N) is 1. The van der Waals surface area contributed by atoms with Crippen LogP contribution in [0.1, 0.15) is 26.7 Å². The molecule has 1 saturated carbocycles. The van der Waals surface area contributed by atoms with E-state index < -0.39 is 30.5 Å². The standard InChI is InChI=1S/C11H16F2N2O2/c1-11(2)10(17)15(5-7(12)13)8(6-3-4-6)9(16)14-11/h6-8H,3-5H2,1-2H3,(H,14,16). The summed E-state index contributed by atoms with van der Waals surface area (Å²) in [5, 5.41) is 2.61. The predicted octanol–water partition coefficient (Wildman–Crippen LogP) is 0.767. The van der Waals surface area contributed by atoms with Crippen molar-refractivity contribution in [2.45, 2.75) is 44.7 Å². The molecule has 1 N–H and O–H groups in total. The van der Waals surface area contributed by atoms with Crippen molar-refractivity contribution in [3.63, 3.8) is 0 Å². The number of carbonyl (C=O) groups is 2. The molecule has 2 rings (SSSR count). The molecule has 0 aromatic rings. The molecule has 0 radical (unpaired) electrons. The molecule has 1 aliphatic carbocycles. The Morgan fingerprint density at radius 2 is 2.00 bits per heavy atom. The van der Waals surface area contributed by atoms with Crippen molar-refractivity contribution in [3.8, 4) is 0 Å². The minimum Gasteiger partial charge on any atom is -0.340 e. The number of rotatable bonds is 3. The zero-order valence-corrected chi connectivity index (χ0v) is 9.87. The van der Waals surface area contributed by atoms with Gasteiger partial charge in [-0.25, -0.2) is 8.78 Å². The Morgan fingerprint density at radius 1 is 1.41 bits per heavy atom. The molecule has 1 aliphatic heterocycles. The molecule has 0 aromatic carbocycles. The Labute approximate surface area is 98.3 Å². The highest BCUT2D eigenvalue weighted by molar-refractivity contribution is 5.99. The average Bonchev–Trinajstić information content (AvgIpc) is 2.96. The molecule has 2 fully saturated rings. The minimum absolute atomic E-state index is 0.0498. The van der Waals surface area contributed by atoms with Crippen molar-refractivity contribution in [1.82, 2.24) is 10.2 Å². The molecule has 1 saturated heterocycles. The Morgan fingerprint density at radius 3 is 2.47 bits per heavy atom. The van der Waals surface area contributed by atoms with Gasteiger partial charge in [0, 0.05) is 0 Å². The van der Waals surface area contributed by atoms with Gasteiger partial charge >= 0.3 is 0 Å². The summed E-state index contributed by atoms with van der Waals surface area (Å²) < 4.78 is 25.0. The van der Waals surface area contributed by atoms with Gasteiger partial charge in [-0.2, -0.15) is 0 Å². The van der Waals surface area contributed by atoms with Gasteiger partial charge in [-0.15, -0.1) is 0 Å². The molecule has 0 aromatic heterocycles. The lowest BCUT2D eigenvalue weighted by Gasteiger charge is -2.42. The molecule has 96 valence electrons. The highest BCUT2D eigenvalue weighted by Crippen LogP contribution is 2.38. The van der Waals surface area contributed by atoms with Crippen LogP contribution in [0.3, 0.4) is 0 Å². The number of alkyl halides is 2. The topological polar surface area (TPSA) is 49.4 Å². The number of nitrogens with one attached hydrogen (secondary N) is 1. The molecule has 17 heavy (non-hydrogen) atoms. The Balaban J connectivity index is 2.24. The zero-order valence-electron chi connectivity index (χ0n) is 9.87. The van der Waals surface area contributed by atoms with E-state index in [9.17, 15) is 18.4 Å². The van der Waals surface area contributed by atoms with Crippen LogP contribution in [0.4, 0.5) is 8.78 Å². The van der Waals surface area contributed by atoms with Gasteiger partial charge in [-0.3, -0.25) is 9.59 Å². The van der Waals surface area contributed by atoms with Crippen molar-refractivity contribution in [2.75, 3.05) is 6.54 Å². The second-order valence-corrected chi connectivity index (χ2v) is 5.25. The first-order chi connectivity index (χ1) is 7.83. The molecular formula is C11H16F2N2O2. The first-order valence-electron chi connectivity index (χ1n) is 5.74. The van der Waals surface area contributed by atoms with E-state index in [0.717, 1.165) is 17.7 Å². The van der Waals surface area contributed by atoms with Crippen LogP contribution in [0.5, 0.6) is 0 Å². The van der Waals surface area contributed by atoms with E-state index >= 15 is 0 Å². The average molecular weight is 246 g/mol. The highest BCUT2D eigenvalue weighted by Gasteiger charge is 2.51. The van der Waals surface area contributed by atoms with Gasteiger partial charge in [0.25, 0.3) is 6.43 Å². The first-order valence-corrected chi connectivity index (χ1v) is 5.74. The Bertz CT molecular complexity index is 353. The molecule has 1 atom stereocenters. The first kappa shape index (κ1) is 12.3. The second-order valence-electron chi connectivity index (χ2n) is 5.25. The Hall–Kier alpha value is -1.20. The number of hydrogen-bond donors (Lipinski definition) is 1. The van der Waals surface area contributed by atoms with Gasteiger partial charge in [-0.05, 0) is 32.6 Å². The van der Waals surface area contributed by atoms with Crippen LogP contribution in [0.15, 0.2) is 0 Å². The summed E-state index contributed by atoms with van der Waals surface area (Å²) in [6.07, 6.45) is -0.959. The molecule has 1 heterocycles. The third-order valence-corrected chi connectivity index (χ3v) is 3.24. The summed E-state index contributed by atoms with van der Waals surface area (Å²) in [6, 6.07) is -0.704. The molecule has 4 nitrogen and oxygen atoms in total. The minimum atomic E-state index is -2.61. The lowest BCUT2D eigenvalue weighted by molar-refractivity contribution is -0.156. The quantitative estimate of drug-likeness (QED) is 0.799. The maximum Gasteiger partial charge on any atom is 0.255 e. The van der Waals surface area contributed by atoms with Crippen molar-refractivity contribution >= 4 is 11.8 Å². The van der Waals surface area contributed by atoms with E-state index in [1.165, 1.54) is 13.8 Å². The molecule has 1 unspecified atom stereocenters. The third kappa shape index (κ3) is 2.25. The van der Waals surface area contributed by atoms with Gasteiger partial charge in [0.05, 0.1) is 6.54 Å². The highest BCUT2D eigenvalue weighted by atomic mass is 19.3. The number of halogens is 2. The monoisotopic (exact) mass is 246 g/mol. The summed E-state index contributed by atoms with van der Waals surface area (Å²) in [5.74, 6) is -0.680. The van der Waals surface area contributed by atoms with Crippen LogP contribution in [-0.2, 0) is 9.59 Å². The Kier molecular flexibility index (Phi) is 2.83. The molecule has 0 spiro atoms. The van der Waals surface area contributed by atoms with E-state index in [1.807, 2.05) is 0 Å². The SMILES string of the molecule is CC1(C)NC(=O)C(C2CC2)N(CC(F)F)C1=O. The van der Waals surface area contributed by atoms with Gasteiger partial charge in [0.1, 0.15) is 11.6 Å². The largest absolute Gasteiger partial charge is 0.340 e. The summed E-state index contributed by atoms with van der Waals surface area (Å²) >= 11 is 0. The van der Waals surface area contributed by atoms with Crippen LogP contribution in [0.25, 0.3) is 0 Å². The summed E-state index contributed by atoms with van der Waals surface area (Å²) in [7, 11) is 0. The predicted molar refractivity (Wildman–Crippen MR) is 56.5 cm³/mol. The fourth-order valence-corrected chi connectivity index (χ4v) is 2.29. The maximum absolute atomic E-state index is 12.5. The fourth-order valence-electron chi connectivity index (χ4n) is 2.29. The molecule has 0 bridgehead atoms. The van der Waals surface area contributed by atoms with E-state index in [-0.39, 0.29) is 11.8 Å². The fraction of sp³-hybridized carbons (Fsp3) is 0.818. The van der Waals surface area contributed by atoms with Gasteiger partial charge < -0.3 is 10.2 Å². The van der Waals surface area contributed by atoms with Crippen molar-refractivity contribution in [3.05, 3.63) is 0 Å². The van der Waals surface area contributed by atoms with Crippen molar-refractivity contribution in [1.29, 1.82) is 0 Å². The number of carbonyl (C=O) groups excluding carboxylic acids is 2. The summed E-state index contributed by atoms with van der Waals surface area (Å²) in [4.78, 5) is 25.0. The molecule has 2 aliphatic rings. The molecular weight excluding hydrogens is 230 g/mol. The van der Waals surface area contributed by atoms with Crippen LogP contribution < -0.4 is 5.32 Å². The van der Waals surface area contributed by atoms with E-state index in [1.54, 1.807) is 0 Å². The van der Waals surface area contributed by atoms with Crippen LogP contribution >= 0.6 is 0 Å². The second kappa shape index (κ2) is 3.92. The summed E-state index contributed by atoms with van der Waals surface area (Å²) in [6.45, 7) is 2.42. The maximum atomic E-state index is 12.5. The van der Waals surface area contributed by atoms with Crippen LogP contribution in [-0.4, -0.2) is 41.3 Å². The normalized spacial score (nSPS) is 28.5. The van der Waals surface area contributed by atoms with Crippen molar-refractivity contribution < 1.29 is 18.4 Å². The summed E-state index contributed by atoms with van der Waals surface area (Å²) in [5.41, 5.74) is -1.09. The lowest BCUT2D eigenvalue weighted by atomic mass is 9.95. The van der Waals surface area contributed by atoms with E-state index in [4.69, 9.17) is 0 Å². The molecule has 6 heteroatoms.